The molecule has 1 aliphatic heterocycles. The molecule has 9 heteroatoms. The van der Waals surface area contributed by atoms with Crippen LogP contribution in [0, 0.1) is 5.82 Å². The van der Waals surface area contributed by atoms with Crippen molar-refractivity contribution in [2.45, 2.75) is 12.5 Å². The molecule has 27 heavy (non-hydrogen) atoms. The third kappa shape index (κ3) is 4.70. The largest absolute Gasteiger partial charge is 0.476 e. The Hall–Kier alpha value is -2.32. The van der Waals surface area contributed by atoms with E-state index in [1.165, 1.54) is 24.3 Å². The number of ether oxygens (including phenoxy) is 1. The number of amides is 1. The van der Waals surface area contributed by atoms with Gasteiger partial charge in [0.05, 0.1) is 18.5 Å². The van der Waals surface area contributed by atoms with Gasteiger partial charge in [-0.05, 0) is 42.3 Å². The van der Waals surface area contributed by atoms with Crippen molar-refractivity contribution < 1.29 is 22.3 Å². The summed E-state index contributed by atoms with van der Waals surface area (Å²) in [5.41, 5.74) is 1.18. The average Bonchev–Trinajstić information content (AvgIpc) is 2.61. The van der Waals surface area contributed by atoms with E-state index >= 15 is 0 Å². The van der Waals surface area contributed by atoms with Crippen molar-refractivity contribution in [3.05, 3.63) is 58.9 Å². The predicted octanol–water partition coefficient (Wildman–Crippen LogP) is 2.37. The van der Waals surface area contributed by atoms with Crippen LogP contribution in [0.25, 0.3) is 0 Å². The molecule has 2 aromatic rings. The normalized spacial score (nSPS) is 16.4. The standard InChI is InChI=1S/C18H18ClFN2O4S/c1-27(24,25)22-11-17(26-16-7-4-13(19)10-15(16)22)18(23)21-9-8-12-2-5-14(20)6-3-12/h2-7,10,17H,8-9,11H2,1H3,(H,21,23)/t17-/m1/s1. The van der Waals surface area contributed by atoms with Gasteiger partial charge >= 0.3 is 0 Å². The fourth-order valence-electron chi connectivity index (χ4n) is 2.77. The first kappa shape index (κ1) is 19.4. The van der Waals surface area contributed by atoms with Gasteiger partial charge in [-0.2, -0.15) is 0 Å². The van der Waals surface area contributed by atoms with Gasteiger partial charge in [-0.3, -0.25) is 9.10 Å². The summed E-state index contributed by atoms with van der Waals surface area (Å²) in [5.74, 6) is -0.473. The second-order valence-electron chi connectivity index (χ2n) is 6.18. The lowest BCUT2D eigenvalue weighted by Crippen LogP contribution is -2.50. The quantitative estimate of drug-likeness (QED) is 0.818. The minimum absolute atomic E-state index is 0.144. The Labute approximate surface area is 161 Å². The van der Waals surface area contributed by atoms with Crippen molar-refractivity contribution in [3.63, 3.8) is 0 Å². The van der Waals surface area contributed by atoms with E-state index in [4.69, 9.17) is 16.3 Å². The molecule has 1 heterocycles. The number of hydrogen-bond acceptors (Lipinski definition) is 4. The summed E-state index contributed by atoms with van der Waals surface area (Å²) in [6, 6.07) is 10.6. The highest BCUT2D eigenvalue weighted by Crippen LogP contribution is 2.37. The zero-order valence-corrected chi connectivity index (χ0v) is 16.1. The molecule has 0 saturated heterocycles. The van der Waals surface area contributed by atoms with Gasteiger partial charge in [0.15, 0.2) is 6.10 Å². The summed E-state index contributed by atoms with van der Waals surface area (Å²) in [5, 5.41) is 3.09. The van der Waals surface area contributed by atoms with Crippen LogP contribution in [-0.4, -0.2) is 39.8 Å². The minimum atomic E-state index is -3.61. The van der Waals surface area contributed by atoms with E-state index in [1.807, 2.05) is 0 Å². The Morgan fingerprint density at radius 3 is 2.67 bits per heavy atom. The van der Waals surface area contributed by atoms with Crippen LogP contribution < -0.4 is 14.4 Å². The van der Waals surface area contributed by atoms with E-state index in [-0.39, 0.29) is 18.1 Å². The fraction of sp³-hybridized carbons (Fsp3) is 0.278. The Kier molecular flexibility index (Phi) is 5.57. The van der Waals surface area contributed by atoms with E-state index in [1.54, 1.807) is 18.2 Å². The minimum Gasteiger partial charge on any atom is -0.476 e. The number of halogens is 2. The number of nitrogens with zero attached hydrogens (tertiary/aromatic N) is 1. The highest BCUT2D eigenvalue weighted by molar-refractivity contribution is 7.92. The van der Waals surface area contributed by atoms with E-state index in [0.717, 1.165) is 16.1 Å². The Balaban J connectivity index is 1.68. The lowest BCUT2D eigenvalue weighted by molar-refractivity contribution is -0.127. The topological polar surface area (TPSA) is 75.7 Å². The zero-order valence-electron chi connectivity index (χ0n) is 14.5. The van der Waals surface area contributed by atoms with Crippen LogP contribution in [0.4, 0.5) is 10.1 Å². The zero-order chi connectivity index (χ0) is 19.6. The summed E-state index contributed by atoms with van der Waals surface area (Å²) in [4.78, 5) is 12.4. The smallest absolute Gasteiger partial charge is 0.263 e. The molecule has 0 aliphatic carbocycles. The summed E-state index contributed by atoms with van der Waals surface area (Å²) in [6.07, 6.45) is 0.592. The number of rotatable bonds is 5. The highest BCUT2D eigenvalue weighted by atomic mass is 35.5. The number of hydrogen-bond donors (Lipinski definition) is 1. The Morgan fingerprint density at radius 1 is 1.30 bits per heavy atom. The molecule has 6 nitrogen and oxygen atoms in total. The van der Waals surface area contributed by atoms with E-state index in [9.17, 15) is 17.6 Å². The van der Waals surface area contributed by atoms with Gasteiger partial charge in [-0.25, -0.2) is 12.8 Å². The second-order valence-corrected chi connectivity index (χ2v) is 8.52. The van der Waals surface area contributed by atoms with Crippen LogP contribution in [0.1, 0.15) is 5.56 Å². The van der Waals surface area contributed by atoms with Crippen LogP contribution in [0.2, 0.25) is 5.02 Å². The van der Waals surface area contributed by atoms with Crippen molar-refractivity contribution in [3.8, 4) is 5.75 Å². The van der Waals surface area contributed by atoms with Gasteiger partial charge in [-0.1, -0.05) is 23.7 Å². The van der Waals surface area contributed by atoms with Crippen LogP contribution in [0.5, 0.6) is 5.75 Å². The van der Waals surface area contributed by atoms with Crippen molar-refractivity contribution in [2.24, 2.45) is 0 Å². The number of benzene rings is 2. The number of anilines is 1. The van der Waals surface area contributed by atoms with Gasteiger partial charge < -0.3 is 10.1 Å². The first-order valence-electron chi connectivity index (χ1n) is 8.20. The number of carbonyl (C=O) groups is 1. The Morgan fingerprint density at radius 2 is 2.00 bits per heavy atom. The molecule has 0 saturated carbocycles. The van der Waals surface area contributed by atoms with E-state index in [2.05, 4.69) is 5.32 Å². The molecule has 2 aromatic carbocycles. The molecular weight excluding hydrogens is 395 g/mol. The second kappa shape index (κ2) is 7.74. The summed E-state index contributed by atoms with van der Waals surface area (Å²) >= 11 is 5.95. The molecule has 0 bridgehead atoms. The highest BCUT2D eigenvalue weighted by Gasteiger charge is 2.35. The summed E-state index contributed by atoms with van der Waals surface area (Å²) < 4.78 is 43.9. The Bertz CT molecular complexity index is 950. The molecule has 0 spiro atoms. The molecule has 1 amide bonds. The third-order valence-electron chi connectivity index (χ3n) is 4.11. The molecular formula is C18H18ClFN2O4S. The molecule has 144 valence electrons. The van der Waals surface area contributed by atoms with Gasteiger partial charge in [0, 0.05) is 11.6 Å². The van der Waals surface area contributed by atoms with Crippen molar-refractivity contribution in [1.82, 2.24) is 5.32 Å². The van der Waals surface area contributed by atoms with Crippen LogP contribution in [0.15, 0.2) is 42.5 Å². The fourth-order valence-corrected chi connectivity index (χ4v) is 3.84. The van der Waals surface area contributed by atoms with Gasteiger partial charge in [0.25, 0.3) is 5.91 Å². The molecule has 0 fully saturated rings. The van der Waals surface area contributed by atoms with Crippen LogP contribution >= 0.6 is 11.6 Å². The average molecular weight is 413 g/mol. The van der Waals surface area contributed by atoms with Gasteiger partial charge in [0.1, 0.15) is 11.6 Å². The van der Waals surface area contributed by atoms with Crippen molar-refractivity contribution in [1.29, 1.82) is 0 Å². The SMILES string of the molecule is CS(=O)(=O)N1C[C@H](C(=O)NCCc2ccc(F)cc2)Oc2ccc(Cl)cc21. The molecule has 1 aliphatic rings. The first-order valence-corrected chi connectivity index (χ1v) is 10.4. The van der Waals surface area contributed by atoms with E-state index in [0.29, 0.717) is 23.7 Å². The first-order chi connectivity index (χ1) is 12.7. The summed E-state index contributed by atoms with van der Waals surface area (Å²) in [6.45, 7) is 0.172. The third-order valence-corrected chi connectivity index (χ3v) is 5.49. The van der Waals surface area contributed by atoms with Gasteiger partial charge in [0.2, 0.25) is 10.0 Å². The lowest BCUT2D eigenvalue weighted by atomic mass is 10.1. The maximum Gasteiger partial charge on any atom is 0.263 e. The van der Waals surface area contributed by atoms with E-state index < -0.39 is 22.0 Å². The predicted molar refractivity (Wildman–Crippen MR) is 101 cm³/mol. The molecule has 1 N–H and O–H groups in total. The number of fused-ring (bicyclic) bond motifs is 1. The number of nitrogens with one attached hydrogen (secondary N) is 1. The van der Waals surface area contributed by atoms with Gasteiger partial charge in [-0.15, -0.1) is 0 Å². The molecule has 0 radical (unpaired) electrons. The number of sulfonamides is 1. The monoisotopic (exact) mass is 412 g/mol. The molecule has 0 unspecified atom stereocenters. The maximum atomic E-state index is 12.9. The summed E-state index contributed by atoms with van der Waals surface area (Å²) in [7, 11) is -3.61. The maximum absolute atomic E-state index is 12.9. The molecule has 1 atom stereocenters. The van der Waals surface area contributed by atoms with Crippen LogP contribution in [0.3, 0.4) is 0 Å². The molecule has 3 rings (SSSR count). The molecule has 0 aromatic heterocycles. The number of carbonyl (C=O) groups excluding carboxylic acids is 1. The van der Waals surface area contributed by atoms with Crippen LogP contribution in [-0.2, 0) is 21.2 Å². The van der Waals surface area contributed by atoms with Crippen molar-refractivity contribution >= 4 is 33.2 Å². The van der Waals surface area contributed by atoms with Crippen molar-refractivity contribution in [2.75, 3.05) is 23.7 Å². The lowest BCUT2D eigenvalue weighted by Gasteiger charge is -2.34.